The lowest BCUT2D eigenvalue weighted by atomic mass is 9.98. The number of aryl methyl sites for hydroxylation is 2. The van der Waals surface area contributed by atoms with Gasteiger partial charge in [0.2, 0.25) is 5.88 Å². The molecule has 1 aromatic rings. The minimum atomic E-state index is -3.67. The molecule has 0 N–H and O–H groups in total. The molecule has 2 nitrogen and oxygen atoms in total. The molecule has 21 heavy (non-hydrogen) atoms. The Bertz CT molecular complexity index is 357. The summed E-state index contributed by atoms with van der Waals surface area (Å²) in [6, 6.07) is 4.11. The molecule has 0 amide bonds. The molecular formula is C16H26F3NO. The Hall–Kier alpha value is -1.26. The Morgan fingerprint density at radius 1 is 1.05 bits per heavy atom. The fourth-order valence-electron chi connectivity index (χ4n) is 2.22. The number of halogens is 3. The van der Waals surface area contributed by atoms with E-state index in [1.165, 1.54) is 37.7 Å². The zero-order chi connectivity index (χ0) is 16.3. The first-order valence-electron chi connectivity index (χ1n) is 7.51. The van der Waals surface area contributed by atoms with Crippen LogP contribution in [0.25, 0.3) is 0 Å². The maximum absolute atomic E-state index is 9.67. The third-order valence-electron chi connectivity index (χ3n) is 2.91. The summed E-state index contributed by atoms with van der Waals surface area (Å²) in [5, 5.41) is 0. The van der Waals surface area contributed by atoms with Crippen molar-refractivity contribution in [3.8, 4) is 5.88 Å². The predicted octanol–water partition coefficient (Wildman–Crippen LogP) is 5.61. The molecule has 0 radical (unpaired) electrons. The van der Waals surface area contributed by atoms with Crippen LogP contribution in [0.15, 0.2) is 12.1 Å². The van der Waals surface area contributed by atoms with Gasteiger partial charge >= 0.3 is 6.68 Å². The first kappa shape index (κ1) is 19.7. The van der Waals surface area contributed by atoms with Crippen LogP contribution >= 0.6 is 0 Å². The number of aromatic nitrogens is 1. The molecule has 0 saturated heterocycles. The monoisotopic (exact) mass is 305 g/mol. The molecular weight excluding hydrogens is 279 g/mol. The summed E-state index contributed by atoms with van der Waals surface area (Å²) in [6.07, 6.45) is 6.74. The van der Waals surface area contributed by atoms with Gasteiger partial charge in [0.15, 0.2) is 0 Å². The Labute approximate surface area is 125 Å². The maximum atomic E-state index is 9.67. The molecule has 1 fully saturated rings. The highest BCUT2D eigenvalue weighted by atomic mass is 19.4. The normalized spacial score (nSPS) is 14.7. The molecule has 1 heterocycles. The van der Waals surface area contributed by atoms with Crippen molar-refractivity contribution in [1.82, 2.24) is 4.98 Å². The van der Waals surface area contributed by atoms with Crippen LogP contribution in [-0.2, 0) is 0 Å². The summed E-state index contributed by atoms with van der Waals surface area (Å²) in [4.78, 5) is 4.41. The number of hydrogen-bond acceptors (Lipinski definition) is 2. The van der Waals surface area contributed by atoms with Crippen LogP contribution in [0.2, 0.25) is 0 Å². The SMILES string of the molecule is CC.Cc1cc(C)nc(OC2CCCCC2)c1.FC(F)F. The number of pyridine rings is 1. The summed E-state index contributed by atoms with van der Waals surface area (Å²) in [5.41, 5.74) is 2.27. The third-order valence-corrected chi connectivity index (χ3v) is 2.91. The molecule has 122 valence electrons. The van der Waals surface area contributed by atoms with E-state index in [1.807, 2.05) is 26.8 Å². The zero-order valence-electron chi connectivity index (χ0n) is 13.3. The molecule has 0 unspecified atom stereocenters. The number of nitrogens with zero attached hydrogens (tertiary/aromatic N) is 1. The lowest BCUT2D eigenvalue weighted by molar-refractivity contribution is 0.00819. The van der Waals surface area contributed by atoms with Gasteiger partial charge in [-0.1, -0.05) is 20.3 Å². The topological polar surface area (TPSA) is 22.1 Å². The van der Waals surface area contributed by atoms with Crippen molar-refractivity contribution in [3.05, 3.63) is 23.4 Å². The van der Waals surface area contributed by atoms with Crippen molar-refractivity contribution >= 4 is 0 Å². The second-order valence-corrected chi connectivity index (χ2v) is 4.75. The zero-order valence-corrected chi connectivity index (χ0v) is 13.3. The van der Waals surface area contributed by atoms with E-state index < -0.39 is 6.68 Å². The summed E-state index contributed by atoms with van der Waals surface area (Å²) < 4.78 is 34.9. The minimum Gasteiger partial charge on any atom is -0.474 e. The Balaban J connectivity index is 0.000000579. The van der Waals surface area contributed by atoms with E-state index in [4.69, 9.17) is 4.74 Å². The molecule has 1 aromatic heterocycles. The van der Waals surface area contributed by atoms with E-state index in [9.17, 15) is 13.2 Å². The number of hydrogen-bond donors (Lipinski definition) is 0. The van der Waals surface area contributed by atoms with Crippen molar-refractivity contribution in [2.24, 2.45) is 0 Å². The molecule has 5 heteroatoms. The van der Waals surface area contributed by atoms with E-state index in [-0.39, 0.29) is 0 Å². The lowest BCUT2D eigenvalue weighted by Crippen LogP contribution is -2.20. The fourth-order valence-corrected chi connectivity index (χ4v) is 2.22. The second-order valence-electron chi connectivity index (χ2n) is 4.75. The van der Waals surface area contributed by atoms with Crippen LogP contribution in [-0.4, -0.2) is 17.8 Å². The number of rotatable bonds is 2. The smallest absolute Gasteiger partial charge is 0.379 e. The first-order chi connectivity index (χ1) is 9.97. The average Bonchev–Trinajstić information content (AvgIpc) is 2.40. The van der Waals surface area contributed by atoms with E-state index in [0.29, 0.717) is 6.10 Å². The van der Waals surface area contributed by atoms with Gasteiger partial charge in [0.1, 0.15) is 6.10 Å². The summed E-state index contributed by atoms with van der Waals surface area (Å²) in [6.45, 7) is 4.43. The van der Waals surface area contributed by atoms with E-state index in [2.05, 4.69) is 18.0 Å². The molecule has 0 bridgehead atoms. The molecule has 1 aliphatic carbocycles. The largest absolute Gasteiger partial charge is 0.474 e. The summed E-state index contributed by atoms with van der Waals surface area (Å²) in [7, 11) is 0. The quantitative estimate of drug-likeness (QED) is 0.708. The van der Waals surface area contributed by atoms with Crippen LogP contribution in [0.1, 0.15) is 57.2 Å². The first-order valence-corrected chi connectivity index (χ1v) is 7.51. The predicted molar refractivity (Wildman–Crippen MR) is 79.7 cm³/mol. The van der Waals surface area contributed by atoms with Gasteiger partial charge in [-0.2, -0.15) is 13.2 Å². The average molecular weight is 305 g/mol. The van der Waals surface area contributed by atoms with E-state index in [0.717, 1.165) is 11.6 Å². The highest BCUT2D eigenvalue weighted by Gasteiger charge is 2.15. The lowest BCUT2D eigenvalue weighted by Gasteiger charge is -2.22. The summed E-state index contributed by atoms with van der Waals surface area (Å²) >= 11 is 0. The number of alkyl halides is 3. The van der Waals surface area contributed by atoms with Gasteiger partial charge in [0.25, 0.3) is 0 Å². The van der Waals surface area contributed by atoms with Crippen molar-refractivity contribution < 1.29 is 17.9 Å². The Kier molecular flexibility index (Phi) is 10.7. The van der Waals surface area contributed by atoms with Gasteiger partial charge in [0.05, 0.1) is 0 Å². The van der Waals surface area contributed by atoms with E-state index >= 15 is 0 Å². The van der Waals surface area contributed by atoms with Crippen LogP contribution < -0.4 is 4.74 Å². The molecule has 2 rings (SSSR count). The van der Waals surface area contributed by atoms with Gasteiger partial charge in [-0.05, 0) is 51.2 Å². The van der Waals surface area contributed by atoms with Crippen molar-refractivity contribution in [3.63, 3.8) is 0 Å². The molecule has 1 aliphatic rings. The Morgan fingerprint density at radius 2 is 1.57 bits per heavy atom. The van der Waals surface area contributed by atoms with Crippen LogP contribution in [0.3, 0.4) is 0 Å². The van der Waals surface area contributed by atoms with E-state index in [1.54, 1.807) is 0 Å². The van der Waals surface area contributed by atoms with Crippen molar-refractivity contribution in [2.45, 2.75) is 72.6 Å². The van der Waals surface area contributed by atoms with Crippen molar-refractivity contribution in [1.29, 1.82) is 0 Å². The molecule has 0 atom stereocenters. The van der Waals surface area contributed by atoms with Gasteiger partial charge in [-0.25, -0.2) is 4.98 Å². The highest BCUT2D eigenvalue weighted by molar-refractivity contribution is 5.23. The second kappa shape index (κ2) is 11.4. The van der Waals surface area contributed by atoms with Gasteiger partial charge in [-0.15, -0.1) is 0 Å². The molecule has 0 aromatic carbocycles. The fraction of sp³-hybridized carbons (Fsp3) is 0.688. The molecule has 1 saturated carbocycles. The molecule has 0 aliphatic heterocycles. The van der Waals surface area contributed by atoms with Crippen LogP contribution in [0.4, 0.5) is 13.2 Å². The van der Waals surface area contributed by atoms with Gasteiger partial charge in [-0.3, -0.25) is 0 Å². The maximum Gasteiger partial charge on any atom is 0.379 e. The van der Waals surface area contributed by atoms with Gasteiger partial charge < -0.3 is 4.74 Å². The standard InChI is InChI=1S/C13H19NO.C2H6.CHF3/c1-10-8-11(2)14-13(9-10)15-12-6-4-3-5-7-12;1-2;2-1(3)4/h8-9,12H,3-7H2,1-2H3;1-2H3;1H. The van der Waals surface area contributed by atoms with Crippen molar-refractivity contribution in [2.75, 3.05) is 0 Å². The van der Waals surface area contributed by atoms with Crippen LogP contribution in [0.5, 0.6) is 5.88 Å². The highest BCUT2D eigenvalue weighted by Crippen LogP contribution is 2.22. The summed E-state index contributed by atoms with van der Waals surface area (Å²) in [5.74, 6) is 0.805. The minimum absolute atomic E-state index is 0.396. The number of ether oxygens (including phenoxy) is 1. The van der Waals surface area contributed by atoms with Crippen LogP contribution in [0, 0.1) is 13.8 Å². The molecule has 0 spiro atoms. The Morgan fingerprint density at radius 3 is 2.05 bits per heavy atom. The third kappa shape index (κ3) is 10.2. The van der Waals surface area contributed by atoms with Gasteiger partial charge in [0, 0.05) is 11.8 Å².